The third-order valence-electron chi connectivity index (χ3n) is 1.94. The molecule has 0 aromatic rings. The molecule has 0 aromatic carbocycles. The number of hydrogen-bond acceptors (Lipinski definition) is 1. The van der Waals surface area contributed by atoms with Crippen LogP contribution in [0.3, 0.4) is 0 Å². The van der Waals surface area contributed by atoms with Crippen LogP contribution in [-0.4, -0.2) is 15.4 Å². The van der Waals surface area contributed by atoms with E-state index in [0.29, 0.717) is 0 Å². The fourth-order valence-corrected chi connectivity index (χ4v) is 1.83. The second-order valence-electron chi connectivity index (χ2n) is 2.82. The lowest BCUT2D eigenvalue weighted by Gasteiger charge is -2.25. The minimum absolute atomic E-state index is 0.100. The van der Waals surface area contributed by atoms with Crippen LogP contribution in [0.15, 0.2) is 0 Å². The van der Waals surface area contributed by atoms with Crippen LogP contribution in [0, 0.1) is 0 Å². The molecule has 0 saturated heterocycles. The molecule has 0 amide bonds. The molecule has 1 radical (unpaired) electrons. The van der Waals surface area contributed by atoms with Crippen molar-refractivity contribution >= 4 is 11.1 Å². The molecule has 1 atom stereocenters. The average molecular weight is 183 g/mol. The zero-order valence-electron chi connectivity index (χ0n) is 5.89. The van der Waals surface area contributed by atoms with Gasteiger partial charge >= 0.3 is 0 Å². The quantitative estimate of drug-likeness (QED) is 0.609. The molecule has 1 fully saturated rings. The molecule has 1 unspecified atom stereocenters. The molecule has 1 rings (SSSR count). The van der Waals surface area contributed by atoms with Crippen molar-refractivity contribution in [2.45, 2.75) is 36.9 Å². The summed E-state index contributed by atoms with van der Waals surface area (Å²) in [7, 11) is 0. The van der Waals surface area contributed by atoms with Gasteiger partial charge in [0, 0.05) is 12.8 Å². The topological polar surface area (TPSA) is 37.0 Å². The first-order valence-electron chi connectivity index (χ1n) is 3.47. The number of halogens is 2. The van der Waals surface area contributed by atoms with Crippen LogP contribution in [0.1, 0.15) is 25.7 Å². The van der Waals surface area contributed by atoms with Crippen molar-refractivity contribution in [2.24, 2.45) is 0 Å². The molecule has 1 aliphatic rings. The van der Waals surface area contributed by atoms with Crippen molar-refractivity contribution in [1.82, 2.24) is 0 Å². The molecule has 0 heterocycles. The fourth-order valence-electron chi connectivity index (χ4n) is 1.21. The van der Waals surface area contributed by atoms with Crippen LogP contribution in [-0.2, 0) is 15.6 Å². The number of hydrogen-bond donors (Lipinski definition) is 0. The minimum Gasteiger partial charge on any atom is -0.227 e. The number of alkyl halides is 2. The van der Waals surface area contributed by atoms with Gasteiger partial charge in [0.25, 0.3) is 0 Å². The second kappa shape index (κ2) is 3.15. The Morgan fingerprint density at radius 3 is 2.09 bits per heavy atom. The van der Waals surface area contributed by atoms with Gasteiger partial charge in [0.05, 0.1) is 5.25 Å². The predicted molar refractivity (Wildman–Crippen MR) is 36.0 cm³/mol. The summed E-state index contributed by atoms with van der Waals surface area (Å²) in [6.45, 7) is 0. The Hall–Kier alpha value is -0.0300. The molecule has 0 N–H and O–H groups in total. The van der Waals surface area contributed by atoms with Gasteiger partial charge in [-0.25, -0.2) is 13.0 Å². The van der Waals surface area contributed by atoms with Gasteiger partial charge in [-0.15, -0.1) is 4.55 Å². The molecule has 65 valence electrons. The Labute approximate surface area is 66.3 Å². The highest BCUT2D eigenvalue weighted by Crippen LogP contribution is 2.34. The Kier molecular flexibility index (Phi) is 2.59. The maximum Gasteiger partial charge on any atom is 0.248 e. The van der Waals surface area contributed by atoms with E-state index in [1.165, 1.54) is 0 Å². The van der Waals surface area contributed by atoms with E-state index < -0.39 is 22.3 Å². The Morgan fingerprint density at radius 1 is 1.27 bits per heavy atom. The van der Waals surface area contributed by atoms with Crippen LogP contribution >= 0.6 is 0 Å². The zero-order valence-corrected chi connectivity index (χ0v) is 6.70. The van der Waals surface area contributed by atoms with Gasteiger partial charge in [-0.2, -0.15) is 0 Å². The summed E-state index contributed by atoms with van der Waals surface area (Å²) in [6, 6.07) is 0. The minimum atomic E-state index is -2.63. The molecular weight excluding hydrogens is 174 g/mol. The third kappa shape index (κ3) is 2.48. The summed E-state index contributed by atoms with van der Waals surface area (Å²) in [4.78, 5) is 0. The lowest BCUT2D eigenvalue weighted by molar-refractivity contribution is -0.0330. The van der Waals surface area contributed by atoms with Crippen LogP contribution in [0.5, 0.6) is 0 Å². The lowest BCUT2D eigenvalue weighted by Crippen LogP contribution is -2.29. The van der Waals surface area contributed by atoms with Crippen molar-refractivity contribution < 1.29 is 17.5 Å². The molecule has 0 aromatic heterocycles. The van der Waals surface area contributed by atoms with Crippen LogP contribution < -0.4 is 0 Å². The molecule has 1 aliphatic carbocycles. The van der Waals surface area contributed by atoms with Gasteiger partial charge in [-0.05, 0) is 12.8 Å². The molecule has 1 saturated carbocycles. The SMILES string of the molecule is [O]S(=O)C1CCC(F)(F)CC1. The fraction of sp³-hybridized carbons (Fsp3) is 1.00. The maximum atomic E-state index is 12.4. The van der Waals surface area contributed by atoms with Crippen molar-refractivity contribution in [3.63, 3.8) is 0 Å². The summed E-state index contributed by atoms with van der Waals surface area (Å²) in [6.07, 6.45) is -0.372. The molecule has 11 heavy (non-hydrogen) atoms. The van der Waals surface area contributed by atoms with Crippen molar-refractivity contribution in [2.75, 3.05) is 0 Å². The van der Waals surface area contributed by atoms with Crippen LogP contribution in [0.25, 0.3) is 0 Å². The standard InChI is InChI=1S/C6H9F2O2S/c7-6(8)3-1-5(2-4-6)11(9)10/h5H,1-4H2. The molecular formula is C6H9F2O2S. The monoisotopic (exact) mass is 183 g/mol. The maximum absolute atomic E-state index is 12.4. The first-order chi connectivity index (χ1) is 5.01. The molecule has 0 bridgehead atoms. The first-order valence-corrected chi connectivity index (χ1v) is 4.61. The highest BCUT2D eigenvalue weighted by atomic mass is 32.2. The van der Waals surface area contributed by atoms with Crippen LogP contribution in [0.4, 0.5) is 8.78 Å². The van der Waals surface area contributed by atoms with Gasteiger partial charge in [0.15, 0.2) is 11.1 Å². The Morgan fingerprint density at radius 2 is 1.73 bits per heavy atom. The summed E-state index contributed by atoms with van der Waals surface area (Å²) in [5.74, 6) is -2.63. The van der Waals surface area contributed by atoms with Gasteiger partial charge in [0.2, 0.25) is 5.92 Å². The largest absolute Gasteiger partial charge is 0.248 e. The summed E-state index contributed by atoms with van der Waals surface area (Å²) in [5, 5.41) is -0.547. The van der Waals surface area contributed by atoms with Crippen molar-refractivity contribution in [1.29, 1.82) is 0 Å². The normalized spacial score (nSPS) is 28.3. The highest BCUT2D eigenvalue weighted by Gasteiger charge is 2.36. The highest BCUT2D eigenvalue weighted by molar-refractivity contribution is 7.79. The number of rotatable bonds is 1. The van der Waals surface area contributed by atoms with Gasteiger partial charge in [-0.1, -0.05) is 0 Å². The van der Waals surface area contributed by atoms with Crippen molar-refractivity contribution in [3.8, 4) is 0 Å². The smallest absolute Gasteiger partial charge is 0.227 e. The summed E-state index contributed by atoms with van der Waals surface area (Å²) in [5.41, 5.74) is 0. The van der Waals surface area contributed by atoms with Gasteiger partial charge < -0.3 is 0 Å². The van der Waals surface area contributed by atoms with E-state index in [1.54, 1.807) is 0 Å². The van der Waals surface area contributed by atoms with E-state index in [9.17, 15) is 17.5 Å². The second-order valence-corrected chi connectivity index (χ2v) is 4.00. The molecule has 0 spiro atoms. The first kappa shape index (κ1) is 9.06. The van der Waals surface area contributed by atoms with E-state index in [2.05, 4.69) is 0 Å². The molecule has 2 nitrogen and oxygen atoms in total. The molecule has 5 heteroatoms. The van der Waals surface area contributed by atoms with E-state index in [-0.39, 0.29) is 25.7 Å². The Balaban J connectivity index is 2.42. The van der Waals surface area contributed by atoms with Gasteiger partial charge in [-0.3, -0.25) is 0 Å². The third-order valence-corrected chi connectivity index (χ3v) is 2.95. The molecule has 0 aliphatic heterocycles. The average Bonchev–Trinajstić information content (AvgIpc) is 1.86. The van der Waals surface area contributed by atoms with E-state index in [4.69, 9.17) is 0 Å². The van der Waals surface area contributed by atoms with E-state index >= 15 is 0 Å². The van der Waals surface area contributed by atoms with E-state index in [1.807, 2.05) is 0 Å². The Bertz CT molecular complexity index is 162. The van der Waals surface area contributed by atoms with Gasteiger partial charge in [0.1, 0.15) is 0 Å². The van der Waals surface area contributed by atoms with Crippen molar-refractivity contribution in [3.05, 3.63) is 0 Å². The summed E-state index contributed by atoms with van der Waals surface area (Å²) < 4.78 is 45.5. The predicted octanol–water partition coefficient (Wildman–Crippen LogP) is 1.66. The van der Waals surface area contributed by atoms with E-state index in [0.717, 1.165) is 0 Å². The lowest BCUT2D eigenvalue weighted by atomic mass is 9.96. The zero-order chi connectivity index (χ0) is 8.48. The summed E-state index contributed by atoms with van der Waals surface area (Å²) >= 11 is -2.17. The van der Waals surface area contributed by atoms with Crippen LogP contribution in [0.2, 0.25) is 0 Å².